The summed E-state index contributed by atoms with van der Waals surface area (Å²) in [6.45, 7) is 32.2. The van der Waals surface area contributed by atoms with E-state index in [-0.39, 0.29) is 54.9 Å². The quantitative estimate of drug-likeness (QED) is 0.0797. The number of rotatable bonds is 11. The molecule has 0 saturated carbocycles. The fourth-order valence-corrected chi connectivity index (χ4v) is 17.5. The summed E-state index contributed by atoms with van der Waals surface area (Å²) in [6, 6.07) is 73.1. The summed E-state index contributed by atoms with van der Waals surface area (Å²) in [4.78, 5) is 13.4. The molecule has 0 atom stereocenters. The number of phenols is 1. The fourth-order valence-electron chi connectivity index (χ4n) is 12.7. The zero-order valence-electron chi connectivity index (χ0n) is 50.3. The molecule has 6 heteroatoms. The second kappa shape index (κ2) is 22.2. The van der Waals surface area contributed by atoms with Gasteiger partial charge in [-0.05, 0) is 146 Å². The van der Waals surface area contributed by atoms with Gasteiger partial charge in [0.2, 0.25) is 0 Å². The molecular weight excluding hydrogens is 1190 g/mol. The minimum Gasteiger partial charge on any atom is -0.506 e. The Morgan fingerprint density at radius 2 is 1.07 bits per heavy atom. The Balaban J connectivity index is 0.00000753. The summed E-state index contributed by atoms with van der Waals surface area (Å²) in [5, 5.41) is 19.5. The first kappa shape index (κ1) is 58.0. The van der Waals surface area contributed by atoms with Crippen LogP contribution in [0.5, 0.6) is 5.75 Å². The number of fused-ring (bicyclic) bond motifs is 3. The number of aromatic nitrogens is 2. The number of nitrogens with zero attached hydrogens (tertiary/aromatic N) is 3. The van der Waals surface area contributed by atoms with E-state index in [1.807, 2.05) is 6.20 Å². The Morgan fingerprint density at radius 3 is 1.59 bits per heavy atom. The van der Waals surface area contributed by atoms with Crippen molar-refractivity contribution in [1.82, 2.24) is 9.97 Å². The van der Waals surface area contributed by atoms with Crippen molar-refractivity contribution in [3.63, 3.8) is 0 Å². The largest absolute Gasteiger partial charge is 0.506 e. The maximum absolute atomic E-state index is 14.1. The Hall–Kier alpha value is -7.17. The Labute approximate surface area is 504 Å². The molecule has 0 radical (unpaired) electrons. The SMILES string of the molecule is CC(C)c1cc(C(C)C)c(-c2cc([Si](c3ccccc3)(c3ccccc3)c3ccccc3)c(O)c3nc(-c4[c-]c5c(cc4)C(C)(C)c4cc(C(C)(C)C)ccc4N5c4cc(C(C)(C)C)ccn4)cc(-c4ccccc4)c23)c(C(C)C)c1.[Pt]. The summed E-state index contributed by atoms with van der Waals surface area (Å²) in [7, 11) is -3.40. The van der Waals surface area contributed by atoms with Crippen LogP contribution < -0.4 is 25.6 Å². The summed E-state index contributed by atoms with van der Waals surface area (Å²) in [5.74, 6) is 1.75. The molecule has 0 bridgehead atoms. The van der Waals surface area contributed by atoms with Gasteiger partial charge in [-0.3, -0.25) is 4.98 Å². The molecule has 11 rings (SSSR count). The molecule has 4 nitrogen and oxygen atoms in total. The van der Waals surface area contributed by atoms with Gasteiger partial charge in [0.1, 0.15) is 17.1 Å². The monoisotopic (exact) mass is 1270 g/mol. The summed E-state index contributed by atoms with van der Waals surface area (Å²) in [6.07, 6.45) is 1.95. The predicted molar refractivity (Wildman–Crippen MR) is 346 cm³/mol. The maximum atomic E-state index is 14.1. The molecule has 0 aliphatic carbocycles. The molecular formula is C76H78N3OPtSi-. The first-order valence-electron chi connectivity index (χ1n) is 29.2. The van der Waals surface area contributed by atoms with Crippen LogP contribution in [0.15, 0.2) is 194 Å². The van der Waals surface area contributed by atoms with Crippen molar-refractivity contribution in [3.8, 4) is 39.3 Å². The van der Waals surface area contributed by atoms with Crippen LogP contribution in [0.3, 0.4) is 0 Å². The molecule has 0 unspecified atom stereocenters. The van der Waals surface area contributed by atoms with Crippen LogP contribution >= 0.6 is 0 Å². The predicted octanol–water partition coefficient (Wildman–Crippen LogP) is 17.6. The van der Waals surface area contributed by atoms with E-state index in [9.17, 15) is 5.11 Å². The molecule has 2 aromatic heterocycles. The number of phenolic OH excluding ortho intramolecular Hbond substituents is 1. The number of aromatic hydroxyl groups is 1. The van der Waals surface area contributed by atoms with Crippen LogP contribution in [0, 0.1) is 6.07 Å². The second-order valence-corrected chi connectivity index (χ2v) is 29.9. The van der Waals surface area contributed by atoms with E-state index in [1.165, 1.54) is 54.5 Å². The molecule has 0 spiro atoms. The molecule has 3 heterocycles. The average molecular weight is 1270 g/mol. The van der Waals surface area contributed by atoms with Crippen molar-refractivity contribution in [2.75, 3.05) is 4.90 Å². The van der Waals surface area contributed by atoms with Crippen molar-refractivity contribution in [1.29, 1.82) is 0 Å². The van der Waals surface area contributed by atoms with Crippen LogP contribution in [0.4, 0.5) is 17.2 Å². The zero-order valence-corrected chi connectivity index (χ0v) is 53.6. The van der Waals surface area contributed by atoms with Crippen LogP contribution in [0.25, 0.3) is 44.4 Å². The van der Waals surface area contributed by atoms with Crippen LogP contribution in [0.2, 0.25) is 0 Å². The average Bonchev–Trinajstić information content (AvgIpc) is 1.14. The summed E-state index contributed by atoms with van der Waals surface area (Å²) >= 11 is 0. The first-order valence-corrected chi connectivity index (χ1v) is 31.2. The van der Waals surface area contributed by atoms with Gasteiger partial charge in [-0.1, -0.05) is 254 Å². The molecule has 0 fully saturated rings. The topological polar surface area (TPSA) is 49.3 Å². The smallest absolute Gasteiger partial charge is 0.184 e. The van der Waals surface area contributed by atoms with Gasteiger partial charge in [0.15, 0.2) is 8.07 Å². The number of hydrogen-bond acceptors (Lipinski definition) is 4. The Bertz CT molecular complexity index is 3840. The molecule has 10 aromatic rings. The first-order chi connectivity index (χ1) is 38.6. The normalized spacial score (nSPS) is 13.4. The van der Waals surface area contributed by atoms with Crippen LogP contribution in [0.1, 0.15) is 154 Å². The molecule has 1 aliphatic heterocycles. The van der Waals surface area contributed by atoms with Crippen LogP contribution in [-0.2, 0) is 37.3 Å². The van der Waals surface area contributed by atoms with Crippen molar-refractivity contribution in [2.45, 2.75) is 131 Å². The standard InChI is InChI=1S/C76H78N3OSi.Pt/c1-48(2)53-41-59(49(3)4)70(60(42-53)50(5)6)62-47-68(81(56-29-21-16-22-30-56,57-31-23-17-24-32-57)58-33-25-18-26-34-58)73(80)72-71(62)61(51-27-19-15-20-28-51)46-65(78-72)52-35-37-63-67(43-52)79(69-45-55(39-40-77-69)75(10,11)12)66-38-36-54(74(7,8)9)44-64(66)76(63,13)14;/h15-42,44-50,80H,1-14H3;/q-1;. The number of hydrogen-bond donors (Lipinski definition) is 1. The van der Waals surface area contributed by atoms with Gasteiger partial charge < -0.3 is 10.0 Å². The minimum atomic E-state index is -3.40. The van der Waals surface area contributed by atoms with Crippen molar-refractivity contribution < 1.29 is 26.2 Å². The van der Waals surface area contributed by atoms with E-state index < -0.39 is 8.07 Å². The molecule has 1 N–H and O–H groups in total. The zero-order chi connectivity index (χ0) is 57.3. The summed E-state index contributed by atoms with van der Waals surface area (Å²) in [5.41, 5.74) is 16.8. The molecule has 0 amide bonds. The second-order valence-electron chi connectivity index (χ2n) is 26.1. The maximum Gasteiger partial charge on any atom is 0.184 e. The molecule has 82 heavy (non-hydrogen) atoms. The van der Waals surface area contributed by atoms with Crippen molar-refractivity contribution in [3.05, 3.63) is 239 Å². The van der Waals surface area contributed by atoms with E-state index in [4.69, 9.17) is 9.97 Å². The van der Waals surface area contributed by atoms with E-state index in [0.717, 1.165) is 61.3 Å². The van der Waals surface area contributed by atoms with E-state index >= 15 is 0 Å². The molecule has 8 aromatic carbocycles. The van der Waals surface area contributed by atoms with Gasteiger partial charge in [0.25, 0.3) is 0 Å². The summed E-state index contributed by atoms with van der Waals surface area (Å²) < 4.78 is 0. The van der Waals surface area contributed by atoms with Crippen LogP contribution in [-0.4, -0.2) is 23.1 Å². The van der Waals surface area contributed by atoms with Gasteiger partial charge in [-0.2, -0.15) is 0 Å². The van der Waals surface area contributed by atoms with Crippen molar-refractivity contribution in [2.24, 2.45) is 0 Å². The molecule has 1 aliphatic rings. The third-order valence-electron chi connectivity index (χ3n) is 17.3. The van der Waals surface area contributed by atoms with Gasteiger partial charge in [0.05, 0.1) is 0 Å². The molecule has 418 valence electrons. The van der Waals surface area contributed by atoms with Gasteiger partial charge >= 0.3 is 0 Å². The van der Waals surface area contributed by atoms with E-state index in [0.29, 0.717) is 11.4 Å². The Morgan fingerprint density at radius 1 is 0.549 bits per heavy atom. The number of pyridine rings is 2. The Kier molecular flexibility index (Phi) is 15.7. The fraction of sp³-hybridized carbons (Fsp3) is 0.263. The van der Waals surface area contributed by atoms with Gasteiger partial charge in [-0.15, -0.1) is 23.8 Å². The minimum absolute atomic E-state index is 0. The number of benzene rings is 8. The third-order valence-corrected chi connectivity index (χ3v) is 22.1. The number of anilines is 3. The van der Waals surface area contributed by atoms with E-state index in [1.54, 1.807) is 0 Å². The van der Waals surface area contributed by atoms with Crippen molar-refractivity contribution >= 4 is 56.9 Å². The van der Waals surface area contributed by atoms with Gasteiger partial charge in [-0.25, -0.2) is 4.98 Å². The van der Waals surface area contributed by atoms with E-state index in [2.05, 4.69) is 296 Å². The third kappa shape index (κ3) is 10.1. The molecule has 0 saturated heterocycles. The van der Waals surface area contributed by atoms with Gasteiger partial charge in [0, 0.05) is 38.3 Å².